The molecule has 0 unspecified atom stereocenters. The molecule has 2 heterocycles. The summed E-state index contributed by atoms with van der Waals surface area (Å²) in [6, 6.07) is 8.15. The Bertz CT molecular complexity index is 790. The Morgan fingerprint density at radius 3 is 2.90 bits per heavy atom. The monoisotopic (exact) mass is 304 g/mol. The van der Waals surface area contributed by atoms with Gasteiger partial charge in [0.1, 0.15) is 5.82 Å². The first-order chi connectivity index (χ1) is 10.1. The maximum absolute atomic E-state index is 13.8. The minimum atomic E-state index is -0.483. The van der Waals surface area contributed by atoms with Gasteiger partial charge in [0, 0.05) is 12.6 Å². The highest BCUT2D eigenvalue weighted by Gasteiger charge is 2.15. The predicted molar refractivity (Wildman–Crippen MR) is 76.2 cm³/mol. The number of pyridine rings is 1. The average molecular weight is 305 g/mol. The fraction of sp³-hybridized carbons (Fsp3) is 0.0714. The molecule has 0 saturated carbocycles. The molecule has 0 bridgehead atoms. The van der Waals surface area contributed by atoms with Gasteiger partial charge in [0.2, 0.25) is 0 Å². The minimum Gasteiger partial charge on any atom is -0.397 e. The van der Waals surface area contributed by atoms with E-state index in [-0.39, 0.29) is 17.3 Å². The number of nitrogen functional groups attached to an aromatic ring is 1. The van der Waals surface area contributed by atoms with Crippen molar-refractivity contribution in [3.63, 3.8) is 0 Å². The van der Waals surface area contributed by atoms with Gasteiger partial charge in [-0.2, -0.15) is 4.98 Å². The Morgan fingerprint density at radius 2 is 2.10 bits per heavy atom. The van der Waals surface area contributed by atoms with Crippen molar-refractivity contribution in [3.8, 4) is 11.6 Å². The largest absolute Gasteiger partial charge is 0.397 e. The number of hydrogen-bond acceptors (Lipinski definition) is 5. The number of halogens is 2. The summed E-state index contributed by atoms with van der Waals surface area (Å²) in [5, 5.41) is 3.87. The Labute approximate surface area is 124 Å². The molecule has 0 amide bonds. The lowest BCUT2D eigenvalue weighted by atomic mass is 10.1. The highest BCUT2D eigenvalue weighted by molar-refractivity contribution is 6.30. The SMILES string of the molecule is Nc1cccnc1-c1nc(Cc2cccc(Cl)c2F)no1. The summed E-state index contributed by atoms with van der Waals surface area (Å²) in [4.78, 5) is 8.26. The molecule has 3 rings (SSSR count). The Balaban J connectivity index is 1.89. The Kier molecular flexibility index (Phi) is 3.53. The van der Waals surface area contributed by atoms with E-state index in [0.29, 0.717) is 22.8 Å². The lowest BCUT2D eigenvalue weighted by Gasteiger charge is -2.00. The van der Waals surface area contributed by atoms with E-state index in [1.54, 1.807) is 30.5 Å². The van der Waals surface area contributed by atoms with Crippen molar-refractivity contribution in [2.75, 3.05) is 5.73 Å². The van der Waals surface area contributed by atoms with Gasteiger partial charge in [0.15, 0.2) is 11.5 Å². The van der Waals surface area contributed by atoms with E-state index >= 15 is 0 Å². The van der Waals surface area contributed by atoms with E-state index < -0.39 is 5.82 Å². The molecule has 1 aromatic carbocycles. The number of aromatic nitrogens is 3. The van der Waals surface area contributed by atoms with Crippen LogP contribution in [0.2, 0.25) is 5.02 Å². The summed E-state index contributed by atoms with van der Waals surface area (Å²) in [5.41, 5.74) is 7.02. The third-order valence-electron chi connectivity index (χ3n) is 2.89. The molecule has 2 aromatic heterocycles. The lowest BCUT2D eigenvalue weighted by molar-refractivity contribution is 0.422. The molecule has 0 aliphatic carbocycles. The summed E-state index contributed by atoms with van der Waals surface area (Å²) in [6.45, 7) is 0. The molecule has 0 atom stereocenters. The fourth-order valence-electron chi connectivity index (χ4n) is 1.87. The molecule has 3 aromatic rings. The maximum atomic E-state index is 13.8. The van der Waals surface area contributed by atoms with Crippen molar-refractivity contribution >= 4 is 17.3 Å². The molecular weight excluding hydrogens is 295 g/mol. The number of benzene rings is 1. The van der Waals surface area contributed by atoms with Gasteiger partial charge in [-0.15, -0.1) is 0 Å². The van der Waals surface area contributed by atoms with E-state index in [2.05, 4.69) is 15.1 Å². The Hall–Kier alpha value is -2.47. The molecule has 0 saturated heterocycles. The summed E-state index contributed by atoms with van der Waals surface area (Å²) < 4.78 is 18.9. The zero-order valence-electron chi connectivity index (χ0n) is 10.8. The van der Waals surface area contributed by atoms with Gasteiger partial charge in [0.25, 0.3) is 5.89 Å². The van der Waals surface area contributed by atoms with Gasteiger partial charge >= 0.3 is 0 Å². The van der Waals surface area contributed by atoms with E-state index in [1.807, 2.05) is 0 Å². The van der Waals surface area contributed by atoms with Crippen LogP contribution in [-0.4, -0.2) is 15.1 Å². The normalized spacial score (nSPS) is 10.8. The number of anilines is 1. The first-order valence-corrected chi connectivity index (χ1v) is 6.49. The molecule has 7 heteroatoms. The molecule has 5 nitrogen and oxygen atoms in total. The van der Waals surface area contributed by atoms with Crippen molar-refractivity contribution in [1.29, 1.82) is 0 Å². The summed E-state index contributed by atoms with van der Waals surface area (Å²) in [6.07, 6.45) is 1.74. The van der Waals surface area contributed by atoms with Gasteiger partial charge in [0.05, 0.1) is 10.7 Å². The third-order valence-corrected chi connectivity index (χ3v) is 3.18. The highest BCUT2D eigenvalue weighted by atomic mass is 35.5. The van der Waals surface area contributed by atoms with Crippen LogP contribution >= 0.6 is 11.6 Å². The molecule has 2 N–H and O–H groups in total. The van der Waals surface area contributed by atoms with E-state index in [1.165, 1.54) is 6.07 Å². The standard InChI is InChI=1S/C14H10ClFN4O/c15-9-4-1-3-8(12(9)16)7-11-19-14(21-20-11)13-10(17)5-2-6-18-13/h1-6H,7,17H2. The number of hydrogen-bond donors (Lipinski definition) is 1. The molecule has 0 radical (unpaired) electrons. The van der Waals surface area contributed by atoms with Crippen LogP contribution in [0.1, 0.15) is 11.4 Å². The quantitative estimate of drug-likeness (QED) is 0.804. The number of nitrogens with two attached hydrogens (primary N) is 1. The average Bonchev–Trinajstić information content (AvgIpc) is 2.93. The van der Waals surface area contributed by atoms with Gasteiger partial charge < -0.3 is 10.3 Å². The second-order valence-electron chi connectivity index (χ2n) is 4.35. The van der Waals surface area contributed by atoms with Crippen molar-refractivity contribution in [3.05, 3.63) is 58.8 Å². The van der Waals surface area contributed by atoms with Crippen LogP contribution in [0.4, 0.5) is 10.1 Å². The molecule has 0 spiro atoms. The van der Waals surface area contributed by atoms with Crippen LogP contribution in [0.15, 0.2) is 41.1 Å². The maximum Gasteiger partial charge on any atom is 0.278 e. The van der Waals surface area contributed by atoms with Crippen molar-refractivity contribution in [2.45, 2.75) is 6.42 Å². The highest BCUT2D eigenvalue weighted by Crippen LogP contribution is 2.23. The van der Waals surface area contributed by atoms with Gasteiger partial charge in [-0.1, -0.05) is 28.9 Å². The topological polar surface area (TPSA) is 77.8 Å². The molecule has 0 aliphatic rings. The van der Waals surface area contributed by atoms with Gasteiger partial charge in [-0.05, 0) is 23.8 Å². The lowest BCUT2D eigenvalue weighted by Crippen LogP contribution is -1.96. The second kappa shape index (κ2) is 5.49. The summed E-state index contributed by atoms with van der Waals surface area (Å²) in [7, 11) is 0. The zero-order chi connectivity index (χ0) is 14.8. The van der Waals surface area contributed by atoms with Crippen LogP contribution in [0.5, 0.6) is 0 Å². The first-order valence-electron chi connectivity index (χ1n) is 6.11. The molecule has 106 valence electrons. The van der Waals surface area contributed by atoms with Crippen molar-refractivity contribution in [1.82, 2.24) is 15.1 Å². The van der Waals surface area contributed by atoms with E-state index in [4.69, 9.17) is 21.9 Å². The van der Waals surface area contributed by atoms with Gasteiger partial charge in [-0.25, -0.2) is 9.37 Å². The molecule has 0 fully saturated rings. The molecule has 21 heavy (non-hydrogen) atoms. The van der Waals surface area contributed by atoms with Crippen molar-refractivity contribution in [2.24, 2.45) is 0 Å². The van der Waals surface area contributed by atoms with Crippen molar-refractivity contribution < 1.29 is 8.91 Å². The first kappa shape index (κ1) is 13.5. The summed E-state index contributed by atoms with van der Waals surface area (Å²) >= 11 is 5.74. The predicted octanol–water partition coefficient (Wildman–Crippen LogP) is 3.10. The number of nitrogens with zero attached hydrogens (tertiary/aromatic N) is 3. The fourth-order valence-corrected chi connectivity index (χ4v) is 2.07. The van der Waals surface area contributed by atoms with E-state index in [9.17, 15) is 4.39 Å². The Morgan fingerprint density at radius 1 is 1.24 bits per heavy atom. The zero-order valence-corrected chi connectivity index (χ0v) is 11.5. The van der Waals surface area contributed by atoms with Crippen LogP contribution in [0.25, 0.3) is 11.6 Å². The minimum absolute atomic E-state index is 0.0604. The second-order valence-corrected chi connectivity index (χ2v) is 4.75. The van der Waals surface area contributed by atoms with Crippen LogP contribution in [0.3, 0.4) is 0 Å². The molecule has 0 aliphatic heterocycles. The van der Waals surface area contributed by atoms with E-state index in [0.717, 1.165) is 0 Å². The van der Waals surface area contributed by atoms with Gasteiger partial charge in [-0.3, -0.25) is 0 Å². The molecular formula is C14H10ClFN4O. The van der Waals surface area contributed by atoms with Crippen LogP contribution < -0.4 is 5.73 Å². The number of rotatable bonds is 3. The van der Waals surface area contributed by atoms with Crippen LogP contribution in [0, 0.1) is 5.82 Å². The smallest absolute Gasteiger partial charge is 0.278 e. The third kappa shape index (κ3) is 2.71. The summed E-state index contributed by atoms with van der Waals surface area (Å²) in [5.74, 6) is 0.0459. The van der Waals surface area contributed by atoms with Crippen LogP contribution in [-0.2, 0) is 6.42 Å².